The summed E-state index contributed by atoms with van der Waals surface area (Å²) in [6.45, 7) is 0.224. The summed E-state index contributed by atoms with van der Waals surface area (Å²) in [5.41, 5.74) is 4.76. The van der Waals surface area contributed by atoms with Gasteiger partial charge in [0.1, 0.15) is 0 Å². The molecule has 4 N–H and O–H groups in total. The van der Waals surface area contributed by atoms with E-state index in [9.17, 15) is 4.79 Å². The van der Waals surface area contributed by atoms with Crippen LogP contribution in [0.25, 0.3) is 0 Å². The van der Waals surface area contributed by atoms with Crippen molar-refractivity contribution in [1.82, 2.24) is 5.32 Å². The minimum atomic E-state index is -1.26. The Balaban J connectivity index is 3.21. The first-order valence-electron chi connectivity index (χ1n) is 2.94. The summed E-state index contributed by atoms with van der Waals surface area (Å²) in [5.74, 6) is 0. The van der Waals surface area contributed by atoms with E-state index >= 15 is 0 Å². The van der Waals surface area contributed by atoms with Crippen molar-refractivity contribution in [2.45, 2.75) is 10.0 Å². The van der Waals surface area contributed by atoms with Crippen LogP contribution in [-0.4, -0.2) is 23.8 Å². The van der Waals surface area contributed by atoms with Gasteiger partial charge >= 0.3 is 75.1 Å². The summed E-state index contributed by atoms with van der Waals surface area (Å²) in [4.78, 5) is 10.1. The number of nitrogens with two attached hydrogens (primary N) is 1. The molecule has 2 amide bonds. The van der Waals surface area contributed by atoms with Crippen LogP contribution in [0.1, 0.15) is 0 Å². The molecule has 0 saturated heterocycles. The van der Waals surface area contributed by atoms with E-state index in [0.717, 1.165) is 0 Å². The molecule has 0 aliphatic heterocycles. The number of carbonyl (C=O) groups is 1. The average molecular weight is 353 g/mol. The fraction of sp³-hybridized carbons (Fsp3) is 0.750. The van der Waals surface area contributed by atoms with Crippen LogP contribution >= 0.6 is 8.25 Å². The Morgan fingerprint density at radius 2 is 2.50 bits per heavy atom. The molecule has 0 fully saturated rings. The first-order chi connectivity index (χ1) is 4.66. The number of aliphatic hydroxyl groups excluding tert-OH is 1. The van der Waals surface area contributed by atoms with Crippen LogP contribution in [0.15, 0.2) is 0 Å². The van der Waals surface area contributed by atoms with Gasteiger partial charge in [-0.05, 0) is 0 Å². The van der Waals surface area contributed by atoms with Gasteiger partial charge in [0.15, 0.2) is 0 Å². The fourth-order valence-electron chi connectivity index (χ4n) is 0.446. The molecule has 0 aromatic rings. The zero-order valence-corrected chi connectivity index (χ0v) is 11.8. The number of primary amides is 1. The predicted molar refractivity (Wildman–Crippen MR) is 34.3 cm³/mol. The summed E-state index contributed by atoms with van der Waals surface area (Å²) in [7, 11) is 5.53. The Morgan fingerprint density at radius 3 is 2.90 bits per heavy atom. The fourth-order valence-corrected chi connectivity index (χ4v) is 4.43. The number of hydrogen-bond acceptors (Lipinski definition) is 2. The Hall–Kier alpha value is 0.455. The molecule has 10 heavy (non-hydrogen) atoms. The van der Waals surface area contributed by atoms with Gasteiger partial charge in [0.2, 0.25) is 0 Å². The first-order valence-corrected chi connectivity index (χ1v) is 13.6. The molecule has 0 radical (unpaired) electrons. The van der Waals surface area contributed by atoms with Crippen LogP contribution in [0, 0.1) is 0 Å². The van der Waals surface area contributed by atoms with Gasteiger partial charge in [-0.15, -0.1) is 0 Å². The Bertz CT molecular complexity index is 113. The van der Waals surface area contributed by atoms with Gasteiger partial charge in [-0.25, -0.2) is 0 Å². The van der Waals surface area contributed by atoms with E-state index in [2.05, 4.69) is 5.32 Å². The maximum atomic E-state index is 10.1. The first kappa shape index (κ1) is 10.5. The normalized spacial score (nSPS) is 11.8. The Labute approximate surface area is 75.0 Å². The molecular weight excluding hydrogens is 344 g/mol. The van der Waals surface area contributed by atoms with Gasteiger partial charge < -0.3 is 0 Å². The molecular formula is C4H9ClHgN2O2. The summed E-state index contributed by atoms with van der Waals surface area (Å²) in [6, 6.07) is -0.606. The van der Waals surface area contributed by atoms with Crippen LogP contribution < -0.4 is 11.1 Å². The SMILES string of the molecule is NC(=O)NCC(O)[CH2][Hg][Cl]. The number of aliphatic hydroxyl groups is 1. The third kappa shape index (κ3) is 6.57. The van der Waals surface area contributed by atoms with Crippen molar-refractivity contribution >= 4 is 14.3 Å². The van der Waals surface area contributed by atoms with Crippen molar-refractivity contribution in [3.8, 4) is 0 Å². The summed E-state index contributed by atoms with van der Waals surface area (Å²) < 4.78 is 0.682. The maximum absolute atomic E-state index is 10.1. The van der Waals surface area contributed by atoms with Crippen LogP contribution in [0.5, 0.6) is 0 Å². The predicted octanol–water partition coefficient (Wildman–Crippen LogP) is -0.330. The number of rotatable bonds is 4. The van der Waals surface area contributed by atoms with Gasteiger partial charge in [-0.3, -0.25) is 0 Å². The second kappa shape index (κ2) is 6.18. The van der Waals surface area contributed by atoms with Crippen LogP contribution in [0.3, 0.4) is 0 Å². The van der Waals surface area contributed by atoms with Gasteiger partial charge in [-0.1, -0.05) is 0 Å². The molecule has 0 saturated carbocycles. The second-order valence-corrected chi connectivity index (χ2v) is 8.91. The van der Waals surface area contributed by atoms with E-state index < -0.39 is 35.5 Å². The van der Waals surface area contributed by atoms with E-state index in [0.29, 0.717) is 3.93 Å². The molecule has 0 aliphatic rings. The van der Waals surface area contributed by atoms with Crippen molar-refractivity contribution in [2.75, 3.05) is 6.54 Å². The van der Waals surface area contributed by atoms with Crippen LogP contribution in [0.4, 0.5) is 4.79 Å². The summed E-state index contributed by atoms with van der Waals surface area (Å²) in [6.07, 6.45) is -0.494. The van der Waals surface area contributed by atoms with Gasteiger partial charge in [0, 0.05) is 0 Å². The molecule has 1 atom stereocenters. The van der Waals surface area contributed by atoms with Crippen LogP contribution in [-0.2, 0) is 23.3 Å². The molecule has 0 aromatic heterocycles. The number of amides is 2. The van der Waals surface area contributed by atoms with Gasteiger partial charge in [0.25, 0.3) is 0 Å². The second-order valence-electron chi connectivity index (χ2n) is 1.88. The quantitative estimate of drug-likeness (QED) is 0.606. The topological polar surface area (TPSA) is 75.4 Å². The van der Waals surface area contributed by atoms with E-state index in [1.807, 2.05) is 0 Å². The van der Waals surface area contributed by atoms with E-state index in [-0.39, 0.29) is 6.54 Å². The molecule has 0 heterocycles. The molecule has 0 aliphatic carbocycles. The van der Waals surface area contributed by atoms with E-state index in [1.54, 1.807) is 0 Å². The van der Waals surface area contributed by atoms with Gasteiger partial charge in [-0.2, -0.15) is 0 Å². The molecule has 56 valence electrons. The van der Waals surface area contributed by atoms with E-state index in [4.69, 9.17) is 19.1 Å². The summed E-state index contributed by atoms with van der Waals surface area (Å²) in [5, 5.41) is 11.3. The number of halogens is 1. The molecule has 0 aromatic carbocycles. The zero-order chi connectivity index (χ0) is 7.98. The van der Waals surface area contributed by atoms with Crippen molar-refractivity contribution in [3.63, 3.8) is 0 Å². The van der Waals surface area contributed by atoms with E-state index in [1.165, 1.54) is 0 Å². The van der Waals surface area contributed by atoms with Crippen molar-refractivity contribution in [1.29, 1.82) is 0 Å². The van der Waals surface area contributed by atoms with Crippen molar-refractivity contribution in [3.05, 3.63) is 0 Å². The van der Waals surface area contributed by atoms with Gasteiger partial charge in [0.05, 0.1) is 0 Å². The summed E-state index contributed by atoms with van der Waals surface area (Å²) >= 11 is -1.26. The molecule has 0 bridgehead atoms. The number of urea groups is 1. The molecule has 4 nitrogen and oxygen atoms in total. The van der Waals surface area contributed by atoms with Crippen LogP contribution in [0.2, 0.25) is 3.93 Å². The standard InChI is InChI=1S/C4H9N2O2.ClH.Hg/c1-3(7)2-6-4(5)8;;/h3,7H,1-2H2,(H3,5,6,8);1H;/q;;+1/p-1. The van der Waals surface area contributed by atoms with Crippen molar-refractivity contribution in [2.24, 2.45) is 5.73 Å². The third-order valence-corrected chi connectivity index (χ3v) is 6.31. The average Bonchev–Trinajstić information content (AvgIpc) is 1.85. The molecule has 6 heteroatoms. The monoisotopic (exact) mass is 354 g/mol. The molecule has 0 spiro atoms. The number of carbonyl (C=O) groups excluding carboxylic acids is 1. The number of hydrogen-bond donors (Lipinski definition) is 3. The molecule has 0 rings (SSSR count). The zero-order valence-electron chi connectivity index (χ0n) is 5.51. The minimum absolute atomic E-state index is 0.224. The van der Waals surface area contributed by atoms with Crippen molar-refractivity contribution < 1.29 is 33.2 Å². The third-order valence-electron chi connectivity index (χ3n) is 0.954. The molecule has 1 unspecified atom stereocenters. The Kier molecular flexibility index (Phi) is 6.47. The Morgan fingerprint density at radius 1 is 1.90 bits per heavy atom. The number of nitrogens with one attached hydrogen (secondary N) is 1.